The fourth-order valence-corrected chi connectivity index (χ4v) is 5.68. The van der Waals surface area contributed by atoms with Crippen molar-refractivity contribution >= 4 is 33.6 Å². The number of H-pyrrole nitrogens is 2. The number of aromatic nitrogens is 4. The highest BCUT2D eigenvalue weighted by atomic mass is 19.1. The van der Waals surface area contributed by atoms with Gasteiger partial charge >= 0.3 is 0 Å². The first-order chi connectivity index (χ1) is 18.3. The van der Waals surface area contributed by atoms with Crippen molar-refractivity contribution in [3.63, 3.8) is 0 Å². The summed E-state index contributed by atoms with van der Waals surface area (Å²) in [7, 11) is 0. The molecule has 7 rings (SSSR count). The van der Waals surface area contributed by atoms with Crippen LogP contribution in [0.4, 0.5) is 4.39 Å². The quantitative estimate of drug-likeness (QED) is 0.237. The second-order valence-electron chi connectivity index (χ2n) is 10.2. The number of nitrogens with zero attached hydrogens (tertiary/aromatic N) is 2. The zero-order valence-corrected chi connectivity index (χ0v) is 20.4. The summed E-state index contributed by atoms with van der Waals surface area (Å²) >= 11 is 0. The summed E-state index contributed by atoms with van der Waals surface area (Å²) in [5, 5.41) is 31.6. The SMILES string of the molecule is O=C(COc1cc(F)c2cn[nH]c2c1)NC12CCC(NC(=O)COc3ccc4cn[nH]c4c3)(CC1)[C@H](O)C2. The number of rotatable bonds is 8. The largest absolute Gasteiger partial charge is 0.484 e. The van der Waals surface area contributed by atoms with Crippen LogP contribution in [0, 0.1) is 5.82 Å². The molecule has 12 heteroatoms. The molecule has 2 heterocycles. The minimum Gasteiger partial charge on any atom is -0.484 e. The number of nitrogens with one attached hydrogen (secondary N) is 4. The first-order valence-electron chi connectivity index (χ1n) is 12.4. The topological polar surface area (TPSA) is 154 Å². The van der Waals surface area contributed by atoms with Gasteiger partial charge in [0.15, 0.2) is 13.2 Å². The van der Waals surface area contributed by atoms with Crippen LogP contribution < -0.4 is 20.1 Å². The monoisotopic (exact) mass is 522 g/mol. The number of fused-ring (bicyclic) bond motifs is 5. The molecule has 0 radical (unpaired) electrons. The van der Waals surface area contributed by atoms with Crippen LogP contribution >= 0.6 is 0 Å². The highest BCUT2D eigenvalue weighted by Gasteiger charge is 2.55. The van der Waals surface area contributed by atoms with E-state index in [1.54, 1.807) is 24.4 Å². The van der Waals surface area contributed by atoms with Crippen LogP contribution in [0.1, 0.15) is 32.1 Å². The number of halogens is 1. The van der Waals surface area contributed by atoms with Crippen molar-refractivity contribution in [3.8, 4) is 11.5 Å². The second-order valence-corrected chi connectivity index (χ2v) is 10.2. The number of amides is 2. The minimum atomic E-state index is -0.826. The number of carbonyl (C=O) groups excluding carboxylic acids is 2. The highest BCUT2D eigenvalue weighted by Crippen LogP contribution is 2.47. The van der Waals surface area contributed by atoms with Crippen molar-refractivity contribution in [2.45, 2.75) is 49.3 Å². The summed E-state index contributed by atoms with van der Waals surface area (Å²) < 4.78 is 25.3. The summed E-state index contributed by atoms with van der Waals surface area (Å²) in [5.74, 6) is -0.410. The van der Waals surface area contributed by atoms with E-state index < -0.39 is 23.0 Å². The Hall–Kier alpha value is -4.19. The third kappa shape index (κ3) is 4.51. The molecule has 2 amide bonds. The van der Waals surface area contributed by atoms with Gasteiger partial charge in [-0.3, -0.25) is 19.8 Å². The number of ether oxygens (including phenoxy) is 2. The molecule has 4 aromatic rings. The summed E-state index contributed by atoms with van der Waals surface area (Å²) in [6, 6.07) is 8.19. The van der Waals surface area contributed by atoms with E-state index in [9.17, 15) is 19.1 Å². The molecule has 3 aliphatic carbocycles. The van der Waals surface area contributed by atoms with Gasteiger partial charge in [-0.25, -0.2) is 4.39 Å². The standard InChI is InChI=1S/C26H27FN6O5/c27-19-7-17(9-21-18(19)12-29-33-21)38-13-23(35)30-25-3-5-26(6-4-25,22(34)10-25)31-24(36)14-37-16-2-1-15-11-28-32-20(15)8-16/h1-2,7-9,11-12,22,34H,3-6,10,13-14H2,(H,28,32)(H,29,33)(H,30,35)(H,31,36)/t22-,25?,26?/m1/s1. The molecule has 0 unspecified atom stereocenters. The maximum Gasteiger partial charge on any atom is 0.258 e. The van der Waals surface area contributed by atoms with Gasteiger partial charge in [-0.05, 0) is 44.2 Å². The average molecular weight is 523 g/mol. The third-order valence-corrected chi connectivity index (χ3v) is 7.75. The fraction of sp³-hybridized carbons (Fsp3) is 0.385. The van der Waals surface area contributed by atoms with Crippen molar-refractivity contribution in [1.29, 1.82) is 0 Å². The molecule has 1 atom stereocenters. The summed E-state index contributed by atoms with van der Waals surface area (Å²) in [6.07, 6.45) is 4.81. The van der Waals surface area contributed by atoms with Crippen LogP contribution in [0.2, 0.25) is 0 Å². The predicted octanol–water partition coefficient (Wildman–Crippen LogP) is 2.08. The molecule has 38 heavy (non-hydrogen) atoms. The number of benzene rings is 2. The molecule has 3 saturated carbocycles. The van der Waals surface area contributed by atoms with Gasteiger partial charge in [-0.1, -0.05) is 0 Å². The number of carbonyl (C=O) groups is 2. The molecule has 0 aliphatic heterocycles. The van der Waals surface area contributed by atoms with Gasteiger partial charge in [0.1, 0.15) is 17.3 Å². The maximum absolute atomic E-state index is 14.1. The van der Waals surface area contributed by atoms with Crippen LogP contribution in [-0.4, -0.2) is 67.7 Å². The van der Waals surface area contributed by atoms with Crippen molar-refractivity contribution in [3.05, 3.63) is 48.5 Å². The van der Waals surface area contributed by atoms with E-state index in [-0.39, 0.29) is 30.8 Å². The molecule has 11 nitrogen and oxygen atoms in total. The number of hydrogen-bond acceptors (Lipinski definition) is 7. The average Bonchev–Trinajstić information content (AvgIpc) is 3.57. The molecule has 3 aliphatic rings. The first kappa shape index (κ1) is 24.2. The Balaban J connectivity index is 1.01. The number of hydrogen-bond donors (Lipinski definition) is 5. The third-order valence-electron chi connectivity index (χ3n) is 7.75. The molecule has 0 spiro atoms. The number of aliphatic hydroxyl groups is 1. The Labute approximate surface area is 216 Å². The Bertz CT molecular complexity index is 1510. The number of aromatic amines is 2. The van der Waals surface area contributed by atoms with Crippen LogP contribution in [0.5, 0.6) is 11.5 Å². The van der Waals surface area contributed by atoms with Crippen molar-refractivity contribution in [2.75, 3.05) is 13.2 Å². The van der Waals surface area contributed by atoms with Gasteiger partial charge in [0.05, 0.1) is 40.5 Å². The lowest BCUT2D eigenvalue weighted by atomic mass is 9.60. The smallest absolute Gasteiger partial charge is 0.258 e. The van der Waals surface area contributed by atoms with E-state index in [0.29, 0.717) is 48.8 Å². The molecule has 5 N–H and O–H groups in total. The van der Waals surface area contributed by atoms with Crippen LogP contribution in [0.25, 0.3) is 21.8 Å². The maximum atomic E-state index is 14.1. The normalized spacial score (nSPS) is 24.4. The Morgan fingerprint density at radius 3 is 2.42 bits per heavy atom. The molecular weight excluding hydrogens is 495 g/mol. The molecule has 198 valence electrons. The summed E-state index contributed by atoms with van der Waals surface area (Å²) in [4.78, 5) is 25.4. The van der Waals surface area contributed by atoms with E-state index >= 15 is 0 Å². The lowest BCUT2D eigenvalue weighted by Gasteiger charge is -2.56. The summed E-state index contributed by atoms with van der Waals surface area (Å²) in [5.41, 5.74) is -0.0510. The van der Waals surface area contributed by atoms with Crippen molar-refractivity contribution < 1.29 is 28.6 Å². The molecular formula is C26H27FN6O5. The lowest BCUT2D eigenvalue weighted by molar-refractivity contribution is -0.137. The van der Waals surface area contributed by atoms with E-state index in [1.807, 2.05) is 6.07 Å². The first-order valence-corrected chi connectivity index (χ1v) is 12.4. The second kappa shape index (κ2) is 9.28. The fourth-order valence-electron chi connectivity index (χ4n) is 5.68. The van der Waals surface area contributed by atoms with Gasteiger partial charge in [0, 0.05) is 29.1 Å². The van der Waals surface area contributed by atoms with E-state index in [4.69, 9.17) is 9.47 Å². The van der Waals surface area contributed by atoms with E-state index in [0.717, 1.165) is 10.9 Å². The van der Waals surface area contributed by atoms with Gasteiger partial charge < -0.3 is 25.2 Å². The van der Waals surface area contributed by atoms with E-state index in [1.165, 1.54) is 12.3 Å². The minimum absolute atomic E-state index is 0.182. The Kier molecular flexibility index (Phi) is 5.90. The van der Waals surface area contributed by atoms with Crippen LogP contribution in [0.15, 0.2) is 42.7 Å². The van der Waals surface area contributed by atoms with Gasteiger partial charge in [-0.15, -0.1) is 0 Å². The van der Waals surface area contributed by atoms with Crippen molar-refractivity contribution in [2.24, 2.45) is 0 Å². The van der Waals surface area contributed by atoms with Crippen LogP contribution in [0.3, 0.4) is 0 Å². The van der Waals surface area contributed by atoms with Crippen molar-refractivity contribution in [1.82, 2.24) is 31.0 Å². The Morgan fingerprint density at radius 2 is 1.63 bits per heavy atom. The zero-order valence-electron chi connectivity index (χ0n) is 20.4. The van der Waals surface area contributed by atoms with E-state index in [2.05, 4.69) is 31.0 Å². The lowest BCUT2D eigenvalue weighted by Crippen LogP contribution is -2.70. The summed E-state index contributed by atoms with van der Waals surface area (Å²) in [6.45, 7) is -0.473. The molecule has 2 bridgehead atoms. The zero-order chi connectivity index (χ0) is 26.3. The van der Waals surface area contributed by atoms with Gasteiger partial charge in [0.2, 0.25) is 0 Å². The van der Waals surface area contributed by atoms with Gasteiger partial charge in [-0.2, -0.15) is 10.2 Å². The molecule has 3 fully saturated rings. The molecule has 0 saturated heterocycles. The van der Waals surface area contributed by atoms with Gasteiger partial charge in [0.25, 0.3) is 11.8 Å². The number of aliphatic hydroxyl groups excluding tert-OH is 1. The molecule has 2 aromatic heterocycles. The Morgan fingerprint density at radius 1 is 0.947 bits per heavy atom. The predicted molar refractivity (Wildman–Crippen MR) is 134 cm³/mol. The van der Waals surface area contributed by atoms with Crippen LogP contribution in [-0.2, 0) is 9.59 Å². The highest BCUT2D eigenvalue weighted by molar-refractivity contribution is 5.82. The molecule has 2 aromatic carbocycles.